The van der Waals surface area contributed by atoms with Gasteiger partial charge >= 0.3 is 0 Å². The van der Waals surface area contributed by atoms with Crippen molar-refractivity contribution >= 4 is 35.0 Å². The van der Waals surface area contributed by atoms with E-state index in [1.165, 1.54) is 36.6 Å². The summed E-state index contributed by atoms with van der Waals surface area (Å²) < 4.78 is 2.14. The van der Waals surface area contributed by atoms with Crippen LogP contribution in [-0.4, -0.2) is 44.4 Å². The van der Waals surface area contributed by atoms with Crippen LogP contribution in [0, 0.1) is 6.92 Å². The number of rotatable bonds is 8. The predicted molar refractivity (Wildman–Crippen MR) is 130 cm³/mol. The van der Waals surface area contributed by atoms with Gasteiger partial charge in [0, 0.05) is 0 Å². The average Bonchev–Trinajstić information content (AvgIpc) is 3.16. The van der Waals surface area contributed by atoms with Crippen LogP contribution in [-0.2, 0) is 17.9 Å². The molecule has 1 saturated heterocycles. The maximum atomic E-state index is 12.6. The molecule has 1 N–H and O–H groups in total. The summed E-state index contributed by atoms with van der Waals surface area (Å²) in [5.41, 5.74) is 2.86. The van der Waals surface area contributed by atoms with Gasteiger partial charge in [-0.2, -0.15) is 0 Å². The molecule has 6 nitrogen and oxygen atoms in total. The van der Waals surface area contributed by atoms with Crippen molar-refractivity contribution in [2.24, 2.45) is 0 Å². The summed E-state index contributed by atoms with van der Waals surface area (Å²) in [7, 11) is 0. The molecule has 0 saturated carbocycles. The summed E-state index contributed by atoms with van der Waals surface area (Å²) >= 11 is 7.65. The Bertz CT molecular complexity index is 1050. The standard InChI is InChI=1S/C24H28ClN5OS/c1-18-10-11-21(20(25)14-18)26-23(31)17-32-24-28-27-22(16-29-12-6-3-7-13-29)30(24)15-19-8-4-2-5-9-19/h2,4-5,8-11,14H,3,6-7,12-13,15-17H2,1H3,(H,26,31). The number of aromatic nitrogens is 3. The van der Waals surface area contributed by atoms with Crippen molar-refractivity contribution in [1.29, 1.82) is 0 Å². The Labute approximate surface area is 198 Å². The van der Waals surface area contributed by atoms with E-state index in [-0.39, 0.29) is 11.7 Å². The number of thioether (sulfide) groups is 1. The van der Waals surface area contributed by atoms with Crippen LogP contribution in [0.4, 0.5) is 5.69 Å². The normalized spacial score (nSPS) is 14.4. The summed E-state index contributed by atoms with van der Waals surface area (Å²) in [5.74, 6) is 1.06. The molecule has 1 amide bonds. The van der Waals surface area contributed by atoms with Gasteiger partial charge in [-0.05, 0) is 56.1 Å². The van der Waals surface area contributed by atoms with Crippen molar-refractivity contribution in [2.75, 3.05) is 24.2 Å². The lowest BCUT2D eigenvalue weighted by atomic mass is 10.1. The second-order valence-electron chi connectivity index (χ2n) is 8.13. The Morgan fingerprint density at radius 1 is 1.06 bits per heavy atom. The molecule has 1 aliphatic heterocycles. The first-order valence-corrected chi connectivity index (χ1v) is 12.3. The number of aryl methyl sites for hydroxylation is 1. The number of halogens is 1. The summed E-state index contributed by atoms with van der Waals surface area (Å²) in [6.45, 7) is 5.63. The number of likely N-dealkylation sites (tertiary alicyclic amines) is 1. The number of benzene rings is 2. The summed E-state index contributed by atoms with van der Waals surface area (Å²) in [5, 5.41) is 13.1. The van der Waals surface area contributed by atoms with Crippen LogP contribution in [0.25, 0.3) is 0 Å². The zero-order chi connectivity index (χ0) is 22.3. The average molecular weight is 470 g/mol. The van der Waals surface area contributed by atoms with E-state index >= 15 is 0 Å². The van der Waals surface area contributed by atoms with Gasteiger partial charge in [0.15, 0.2) is 5.16 Å². The molecule has 2 aromatic carbocycles. The number of hydrogen-bond acceptors (Lipinski definition) is 5. The minimum atomic E-state index is -0.118. The molecule has 1 fully saturated rings. The first-order chi connectivity index (χ1) is 15.6. The third kappa shape index (κ3) is 6.12. The van der Waals surface area contributed by atoms with Gasteiger partial charge in [-0.1, -0.05) is 66.2 Å². The van der Waals surface area contributed by atoms with Crippen molar-refractivity contribution in [3.8, 4) is 0 Å². The summed E-state index contributed by atoms with van der Waals surface area (Å²) in [6, 6.07) is 15.9. The molecule has 0 spiro atoms. The van der Waals surface area contributed by atoms with Crippen LogP contribution in [0.15, 0.2) is 53.7 Å². The van der Waals surface area contributed by atoms with Crippen molar-refractivity contribution in [3.05, 3.63) is 70.5 Å². The number of nitrogens with one attached hydrogen (secondary N) is 1. The molecule has 0 bridgehead atoms. The zero-order valence-corrected chi connectivity index (χ0v) is 19.8. The van der Waals surface area contributed by atoms with E-state index in [9.17, 15) is 4.79 Å². The highest BCUT2D eigenvalue weighted by atomic mass is 35.5. The van der Waals surface area contributed by atoms with Crippen LogP contribution >= 0.6 is 23.4 Å². The highest BCUT2D eigenvalue weighted by molar-refractivity contribution is 7.99. The molecular formula is C24H28ClN5OS. The highest BCUT2D eigenvalue weighted by Crippen LogP contribution is 2.24. The Morgan fingerprint density at radius 3 is 2.59 bits per heavy atom. The lowest BCUT2D eigenvalue weighted by Gasteiger charge is -2.26. The smallest absolute Gasteiger partial charge is 0.234 e. The topological polar surface area (TPSA) is 63.1 Å². The van der Waals surface area contributed by atoms with Gasteiger partial charge in [0.05, 0.1) is 29.6 Å². The van der Waals surface area contributed by atoms with Gasteiger partial charge < -0.3 is 9.88 Å². The van der Waals surface area contributed by atoms with E-state index in [2.05, 4.69) is 37.1 Å². The molecular weight excluding hydrogens is 442 g/mol. The van der Waals surface area contributed by atoms with Crippen molar-refractivity contribution in [2.45, 2.75) is 44.4 Å². The molecule has 0 atom stereocenters. The fourth-order valence-corrected chi connectivity index (χ4v) is 4.86. The number of amides is 1. The highest BCUT2D eigenvalue weighted by Gasteiger charge is 2.19. The first kappa shape index (κ1) is 22.8. The van der Waals surface area contributed by atoms with Crippen LogP contribution < -0.4 is 5.32 Å². The van der Waals surface area contributed by atoms with E-state index in [0.29, 0.717) is 17.3 Å². The Hall–Kier alpha value is -2.35. The van der Waals surface area contributed by atoms with Gasteiger partial charge in [0.1, 0.15) is 5.82 Å². The molecule has 4 rings (SSSR count). The summed E-state index contributed by atoms with van der Waals surface area (Å²) in [6.07, 6.45) is 3.76. The Morgan fingerprint density at radius 2 is 1.84 bits per heavy atom. The second-order valence-corrected chi connectivity index (χ2v) is 9.48. The van der Waals surface area contributed by atoms with Gasteiger partial charge in [-0.15, -0.1) is 10.2 Å². The maximum Gasteiger partial charge on any atom is 0.234 e. The van der Waals surface area contributed by atoms with Crippen LogP contribution in [0.3, 0.4) is 0 Å². The monoisotopic (exact) mass is 469 g/mol. The van der Waals surface area contributed by atoms with Gasteiger partial charge in [-0.25, -0.2) is 0 Å². The minimum absolute atomic E-state index is 0.118. The number of anilines is 1. The zero-order valence-electron chi connectivity index (χ0n) is 18.3. The van der Waals surface area contributed by atoms with Gasteiger partial charge in [0.25, 0.3) is 0 Å². The lowest BCUT2D eigenvalue weighted by Crippen LogP contribution is -2.30. The molecule has 8 heteroatoms. The molecule has 2 heterocycles. The fourth-order valence-electron chi connectivity index (χ4n) is 3.82. The number of carbonyl (C=O) groups is 1. The van der Waals surface area contributed by atoms with Crippen LogP contribution in [0.2, 0.25) is 5.02 Å². The fraction of sp³-hybridized carbons (Fsp3) is 0.375. The quantitative estimate of drug-likeness (QED) is 0.470. The van der Waals surface area contributed by atoms with Gasteiger partial charge in [0.2, 0.25) is 5.91 Å². The number of hydrogen-bond donors (Lipinski definition) is 1. The van der Waals surface area contributed by atoms with Crippen LogP contribution in [0.1, 0.15) is 36.2 Å². The van der Waals surface area contributed by atoms with Crippen molar-refractivity contribution in [1.82, 2.24) is 19.7 Å². The van der Waals surface area contributed by atoms with Gasteiger partial charge in [-0.3, -0.25) is 9.69 Å². The lowest BCUT2D eigenvalue weighted by molar-refractivity contribution is -0.113. The predicted octanol–water partition coefficient (Wildman–Crippen LogP) is 5.00. The largest absolute Gasteiger partial charge is 0.324 e. The molecule has 168 valence electrons. The summed E-state index contributed by atoms with van der Waals surface area (Å²) in [4.78, 5) is 15.0. The molecule has 0 unspecified atom stereocenters. The van der Waals surface area contributed by atoms with Crippen molar-refractivity contribution in [3.63, 3.8) is 0 Å². The van der Waals surface area contributed by atoms with E-state index in [0.717, 1.165) is 36.2 Å². The van der Waals surface area contributed by atoms with E-state index in [4.69, 9.17) is 11.6 Å². The van der Waals surface area contributed by atoms with Crippen molar-refractivity contribution < 1.29 is 4.79 Å². The van der Waals surface area contributed by atoms with E-state index < -0.39 is 0 Å². The van der Waals surface area contributed by atoms with E-state index in [1.807, 2.05) is 43.3 Å². The first-order valence-electron chi connectivity index (χ1n) is 11.0. The second kappa shape index (κ2) is 11.0. The third-order valence-electron chi connectivity index (χ3n) is 5.52. The number of carbonyl (C=O) groups excluding carboxylic acids is 1. The van der Waals surface area contributed by atoms with E-state index in [1.54, 1.807) is 0 Å². The Kier molecular flexibility index (Phi) is 7.84. The maximum absolute atomic E-state index is 12.6. The molecule has 32 heavy (non-hydrogen) atoms. The number of nitrogens with zero attached hydrogens (tertiary/aromatic N) is 4. The molecule has 1 aliphatic rings. The molecule has 1 aromatic heterocycles. The SMILES string of the molecule is Cc1ccc(NC(=O)CSc2nnc(CN3CCCCC3)n2Cc2ccccc2)c(Cl)c1. The molecule has 3 aromatic rings. The molecule has 0 radical (unpaired) electrons. The third-order valence-corrected chi connectivity index (χ3v) is 6.80. The minimum Gasteiger partial charge on any atom is -0.324 e. The number of piperidine rings is 1. The molecule has 0 aliphatic carbocycles. The van der Waals surface area contributed by atoms with Crippen LogP contribution in [0.5, 0.6) is 0 Å². The Balaban J connectivity index is 1.46.